The largest absolute Gasteiger partial charge is 0.481 e. The van der Waals surface area contributed by atoms with Crippen molar-refractivity contribution in [2.75, 3.05) is 0 Å². The molecule has 0 bridgehead atoms. The van der Waals surface area contributed by atoms with Crippen molar-refractivity contribution in [3.8, 4) is 0 Å². The molecule has 2 unspecified atom stereocenters. The second-order valence-corrected chi connectivity index (χ2v) is 6.50. The molecular weight excluding hydrogens is 288 g/mol. The first-order valence-corrected chi connectivity index (χ1v) is 7.71. The Balaban J connectivity index is 4.69. The summed E-state index contributed by atoms with van der Waals surface area (Å²) >= 11 is 0. The second-order valence-electron chi connectivity index (χ2n) is 6.50. The fourth-order valence-corrected chi connectivity index (χ4v) is 2.08. The topological polar surface area (TPSA) is 101 Å². The maximum atomic E-state index is 11.9. The number of carboxylic acid groups (broad SMARTS) is 1. The molecule has 0 fully saturated rings. The van der Waals surface area contributed by atoms with Gasteiger partial charge in [0.2, 0.25) is 0 Å². The fraction of sp³-hybridized carbons (Fsp3) is 0.812. The minimum absolute atomic E-state index is 0.0444. The Morgan fingerprint density at radius 3 is 2.18 bits per heavy atom. The van der Waals surface area contributed by atoms with Gasteiger partial charge in [-0.2, -0.15) is 0 Å². The molecule has 22 heavy (non-hydrogen) atoms. The van der Waals surface area contributed by atoms with Crippen LogP contribution in [-0.4, -0.2) is 39.6 Å². The minimum atomic E-state index is -1.32. The third kappa shape index (κ3) is 9.50. The molecule has 6 heteroatoms. The number of ether oxygens (including phenoxy) is 1. The lowest BCUT2D eigenvalue weighted by Gasteiger charge is -2.24. The van der Waals surface area contributed by atoms with Gasteiger partial charge < -0.3 is 14.9 Å². The molecule has 0 heterocycles. The molecule has 0 aromatic carbocycles. The van der Waals surface area contributed by atoms with Crippen molar-refractivity contribution in [1.82, 2.24) is 0 Å². The number of aliphatic carboxylic acids is 1. The summed E-state index contributed by atoms with van der Waals surface area (Å²) in [5, 5.41) is 18.7. The normalized spacial score (nSPS) is 14.2. The average molecular weight is 316 g/mol. The summed E-state index contributed by atoms with van der Waals surface area (Å²) in [5.74, 6) is -2.61. The Morgan fingerprint density at radius 2 is 1.73 bits per heavy atom. The van der Waals surface area contributed by atoms with Crippen LogP contribution in [0.1, 0.15) is 66.2 Å². The maximum absolute atomic E-state index is 11.9. The Kier molecular flexibility index (Phi) is 8.94. The molecule has 0 saturated heterocycles. The van der Waals surface area contributed by atoms with E-state index >= 15 is 0 Å². The van der Waals surface area contributed by atoms with E-state index in [4.69, 9.17) is 9.84 Å². The van der Waals surface area contributed by atoms with Gasteiger partial charge in [0, 0.05) is 12.3 Å². The summed E-state index contributed by atoms with van der Waals surface area (Å²) in [6, 6.07) is 0. The second kappa shape index (κ2) is 9.56. The third-order valence-electron chi connectivity index (χ3n) is 3.14. The van der Waals surface area contributed by atoms with Crippen LogP contribution in [0.2, 0.25) is 0 Å². The molecule has 0 spiro atoms. The highest BCUT2D eigenvalue weighted by Crippen LogP contribution is 2.21. The van der Waals surface area contributed by atoms with Crippen molar-refractivity contribution in [3.63, 3.8) is 0 Å². The predicted molar refractivity (Wildman–Crippen MR) is 81.4 cm³/mol. The molecule has 6 nitrogen and oxygen atoms in total. The lowest BCUT2D eigenvalue weighted by atomic mass is 9.89. The van der Waals surface area contributed by atoms with E-state index in [2.05, 4.69) is 0 Å². The van der Waals surface area contributed by atoms with Gasteiger partial charge in [-0.25, -0.2) is 0 Å². The third-order valence-corrected chi connectivity index (χ3v) is 3.14. The first-order valence-electron chi connectivity index (χ1n) is 7.71. The fourth-order valence-electron chi connectivity index (χ4n) is 2.08. The van der Waals surface area contributed by atoms with Crippen molar-refractivity contribution >= 4 is 17.7 Å². The predicted octanol–water partition coefficient (Wildman–Crippen LogP) is 2.32. The summed E-state index contributed by atoms with van der Waals surface area (Å²) < 4.78 is 5.22. The molecule has 2 atom stereocenters. The number of carbonyl (C=O) groups excluding carboxylic acids is 2. The number of carboxylic acids is 1. The number of ketones is 1. The zero-order chi connectivity index (χ0) is 17.3. The van der Waals surface area contributed by atoms with Crippen LogP contribution in [0.3, 0.4) is 0 Å². The maximum Gasteiger partial charge on any atom is 0.306 e. The van der Waals surface area contributed by atoms with E-state index in [1.807, 2.05) is 6.92 Å². The molecule has 0 aromatic rings. The molecule has 0 aliphatic heterocycles. The van der Waals surface area contributed by atoms with Gasteiger partial charge >= 0.3 is 11.9 Å². The molecule has 128 valence electrons. The lowest BCUT2D eigenvalue weighted by Crippen LogP contribution is -2.33. The van der Waals surface area contributed by atoms with Crippen LogP contribution in [0, 0.1) is 5.92 Å². The zero-order valence-electron chi connectivity index (χ0n) is 13.9. The summed E-state index contributed by atoms with van der Waals surface area (Å²) in [6.45, 7) is 7.23. The molecule has 2 N–H and O–H groups in total. The number of rotatable bonds is 10. The molecule has 0 saturated carbocycles. The van der Waals surface area contributed by atoms with E-state index in [0.717, 1.165) is 12.8 Å². The van der Waals surface area contributed by atoms with Crippen LogP contribution >= 0.6 is 0 Å². The number of hydrogen-bond donors (Lipinski definition) is 2. The molecule has 0 aliphatic rings. The smallest absolute Gasteiger partial charge is 0.306 e. The van der Waals surface area contributed by atoms with Crippen LogP contribution in [0.15, 0.2) is 0 Å². The van der Waals surface area contributed by atoms with Crippen LogP contribution < -0.4 is 0 Å². The summed E-state index contributed by atoms with van der Waals surface area (Å²) in [4.78, 5) is 34.2. The van der Waals surface area contributed by atoms with Crippen molar-refractivity contribution in [3.05, 3.63) is 0 Å². The van der Waals surface area contributed by atoms with Crippen molar-refractivity contribution < 1.29 is 29.3 Å². The molecule has 0 radical (unpaired) electrons. The average Bonchev–Trinajstić information content (AvgIpc) is 2.37. The molecular formula is C16H28O6. The quantitative estimate of drug-likeness (QED) is 0.600. The highest BCUT2D eigenvalue weighted by atomic mass is 16.6. The number of aliphatic hydroxyl groups excluding tert-OH is 1. The summed E-state index contributed by atoms with van der Waals surface area (Å²) in [6.07, 6.45) is 0.263. The summed E-state index contributed by atoms with van der Waals surface area (Å²) in [7, 11) is 0. The monoisotopic (exact) mass is 316 g/mol. The SMILES string of the molecule is CCCCC(CC(=O)OC(C)(C)C)C(O)C(=O)CCC(=O)O. The van der Waals surface area contributed by atoms with Crippen molar-refractivity contribution in [1.29, 1.82) is 0 Å². The lowest BCUT2D eigenvalue weighted by molar-refractivity contribution is -0.157. The van der Waals surface area contributed by atoms with E-state index < -0.39 is 35.3 Å². The molecule has 0 aliphatic carbocycles. The highest BCUT2D eigenvalue weighted by molar-refractivity contribution is 5.86. The number of unbranched alkanes of at least 4 members (excludes halogenated alkanes) is 1. The first kappa shape index (κ1) is 20.6. The number of esters is 1. The van der Waals surface area contributed by atoms with E-state index in [0.29, 0.717) is 6.42 Å². The van der Waals surface area contributed by atoms with Crippen LogP contribution in [0.5, 0.6) is 0 Å². The number of hydrogen-bond acceptors (Lipinski definition) is 5. The van der Waals surface area contributed by atoms with Gasteiger partial charge in [0.25, 0.3) is 0 Å². The Labute approximate surface area is 131 Å². The Morgan fingerprint density at radius 1 is 1.14 bits per heavy atom. The van der Waals surface area contributed by atoms with Crippen molar-refractivity contribution in [2.24, 2.45) is 5.92 Å². The number of carbonyl (C=O) groups is 3. The van der Waals surface area contributed by atoms with Gasteiger partial charge in [-0.3, -0.25) is 14.4 Å². The number of Topliss-reactive ketones (excluding diaryl/α,β-unsaturated/α-hetero) is 1. The van der Waals surface area contributed by atoms with Gasteiger partial charge in [0.05, 0.1) is 12.8 Å². The van der Waals surface area contributed by atoms with E-state index in [9.17, 15) is 19.5 Å². The van der Waals surface area contributed by atoms with Gasteiger partial charge in [-0.15, -0.1) is 0 Å². The van der Waals surface area contributed by atoms with Crippen LogP contribution in [0.4, 0.5) is 0 Å². The van der Waals surface area contributed by atoms with Gasteiger partial charge in [-0.05, 0) is 27.2 Å². The van der Waals surface area contributed by atoms with Crippen molar-refractivity contribution in [2.45, 2.75) is 77.9 Å². The van der Waals surface area contributed by atoms with Gasteiger partial charge in [0.1, 0.15) is 11.7 Å². The van der Waals surface area contributed by atoms with Crippen LogP contribution in [0.25, 0.3) is 0 Å². The van der Waals surface area contributed by atoms with E-state index in [-0.39, 0.29) is 19.3 Å². The van der Waals surface area contributed by atoms with Crippen LogP contribution in [-0.2, 0) is 19.1 Å². The zero-order valence-corrected chi connectivity index (χ0v) is 13.9. The van der Waals surface area contributed by atoms with Gasteiger partial charge in [-0.1, -0.05) is 19.8 Å². The first-order chi connectivity index (χ1) is 10.1. The highest BCUT2D eigenvalue weighted by Gasteiger charge is 2.29. The Bertz CT molecular complexity index is 383. The Hall–Kier alpha value is -1.43. The molecule has 0 aromatic heterocycles. The minimum Gasteiger partial charge on any atom is -0.481 e. The summed E-state index contributed by atoms with van der Waals surface area (Å²) in [5.41, 5.74) is -0.620. The standard InChI is InChI=1S/C16H28O6/c1-5-6-7-11(10-14(20)22-16(2,3)4)15(21)12(17)8-9-13(18)19/h11,15,21H,5-10H2,1-4H3,(H,18,19). The number of aliphatic hydroxyl groups is 1. The molecule has 0 rings (SSSR count). The van der Waals surface area contributed by atoms with E-state index in [1.165, 1.54) is 0 Å². The molecule has 0 amide bonds. The van der Waals surface area contributed by atoms with E-state index in [1.54, 1.807) is 20.8 Å². The van der Waals surface area contributed by atoms with Gasteiger partial charge in [0.15, 0.2) is 5.78 Å².